The van der Waals surface area contributed by atoms with Crippen LogP contribution >= 0.6 is 0 Å². The second-order valence-corrected chi connectivity index (χ2v) is 12.0. The van der Waals surface area contributed by atoms with Crippen LogP contribution in [-0.2, 0) is 0 Å². The van der Waals surface area contributed by atoms with Crippen LogP contribution in [0.5, 0.6) is 0 Å². The SMILES string of the molecule is N=C(/N=C(\N=C\c1ccnc2oc3cc(-c4cc5ccc6ccccc6c5c5ccccc45)ccc3c12)c1ccccc1)c1ccccc1. The van der Waals surface area contributed by atoms with Gasteiger partial charge >= 0.3 is 0 Å². The van der Waals surface area contributed by atoms with Crippen molar-refractivity contribution in [1.82, 2.24) is 4.98 Å². The largest absolute Gasteiger partial charge is 0.438 e. The number of aromatic nitrogens is 1. The number of pyridine rings is 1. The molecule has 5 nitrogen and oxygen atoms in total. The molecule has 0 fully saturated rings. The van der Waals surface area contributed by atoms with Crippen LogP contribution in [0.1, 0.15) is 16.7 Å². The maximum absolute atomic E-state index is 8.64. The highest BCUT2D eigenvalue weighted by atomic mass is 16.3. The summed E-state index contributed by atoms with van der Waals surface area (Å²) in [7, 11) is 0. The fraction of sp³-hybridized carbons (Fsp3) is 0. The first-order valence-corrected chi connectivity index (χ1v) is 16.2. The molecule has 0 saturated heterocycles. The van der Waals surface area contributed by atoms with Crippen LogP contribution < -0.4 is 0 Å². The molecule has 0 aliphatic heterocycles. The molecule has 0 bridgehead atoms. The molecule has 0 unspecified atom stereocenters. The maximum atomic E-state index is 8.64. The predicted octanol–water partition coefficient (Wildman–Crippen LogP) is 11.0. The summed E-state index contributed by atoms with van der Waals surface area (Å²) in [5.41, 5.74) is 5.93. The van der Waals surface area contributed by atoms with E-state index in [1.165, 1.54) is 32.3 Å². The molecule has 49 heavy (non-hydrogen) atoms. The highest BCUT2D eigenvalue weighted by molar-refractivity contribution is 6.24. The normalized spacial score (nSPS) is 12.2. The second kappa shape index (κ2) is 11.8. The summed E-state index contributed by atoms with van der Waals surface area (Å²) >= 11 is 0. The van der Waals surface area contributed by atoms with Crippen molar-refractivity contribution in [2.45, 2.75) is 0 Å². The van der Waals surface area contributed by atoms with Crippen LogP contribution in [-0.4, -0.2) is 22.9 Å². The zero-order valence-electron chi connectivity index (χ0n) is 26.3. The van der Waals surface area contributed by atoms with Gasteiger partial charge in [-0.3, -0.25) is 5.41 Å². The first-order valence-electron chi connectivity index (χ1n) is 16.2. The number of nitrogens with zero attached hydrogens (tertiary/aromatic N) is 3. The van der Waals surface area contributed by atoms with Gasteiger partial charge in [0.05, 0.1) is 5.39 Å². The third kappa shape index (κ3) is 5.05. The van der Waals surface area contributed by atoms with Crippen molar-refractivity contribution in [3.63, 3.8) is 0 Å². The third-order valence-electron chi connectivity index (χ3n) is 9.09. The van der Waals surface area contributed by atoms with Crippen LogP contribution in [0.15, 0.2) is 172 Å². The quantitative estimate of drug-likeness (QED) is 0.120. The van der Waals surface area contributed by atoms with E-state index in [0.29, 0.717) is 11.5 Å². The van der Waals surface area contributed by atoms with E-state index in [2.05, 4.69) is 94.9 Å². The van der Waals surface area contributed by atoms with Gasteiger partial charge in [-0.05, 0) is 67.7 Å². The predicted molar refractivity (Wildman–Crippen MR) is 203 cm³/mol. The van der Waals surface area contributed by atoms with E-state index < -0.39 is 0 Å². The lowest BCUT2D eigenvalue weighted by Gasteiger charge is -2.13. The minimum absolute atomic E-state index is 0.146. The van der Waals surface area contributed by atoms with Gasteiger partial charge in [-0.25, -0.2) is 15.0 Å². The van der Waals surface area contributed by atoms with Gasteiger partial charge in [0, 0.05) is 34.5 Å². The van der Waals surface area contributed by atoms with Gasteiger partial charge in [0.1, 0.15) is 5.58 Å². The van der Waals surface area contributed by atoms with E-state index in [4.69, 9.17) is 14.8 Å². The molecular weight excluding hydrogens is 601 g/mol. The lowest BCUT2D eigenvalue weighted by atomic mass is 9.90. The number of nitrogens with one attached hydrogen (secondary N) is 1. The van der Waals surface area contributed by atoms with Gasteiger partial charge < -0.3 is 4.42 Å². The van der Waals surface area contributed by atoms with Crippen LogP contribution in [0.25, 0.3) is 65.5 Å². The Morgan fingerprint density at radius 2 is 1.29 bits per heavy atom. The Morgan fingerprint density at radius 3 is 2.10 bits per heavy atom. The van der Waals surface area contributed by atoms with Gasteiger partial charge in [-0.15, -0.1) is 0 Å². The molecule has 2 heterocycles. The minimum Gasteiger partial charge on any atom is -0.438 e. The molecule has 230 valence electrons. The smallest absolute Gasteiger partial charge is 0.227 e. The molecule has 2 aromatic heterocycles. The van der Waals surface area contributed by atoms with E-state index in [1.807, 2.05) is 66.7 Å². The molecule has 0 spiro atoms. The molecule has 7 aromatic carbocycles. The van der Waals surface area contributed by atoms with Crippen molar-refractivity contribution in [3.05, 3.63) is 175 Å². The molecule has 1 N–H and O–H groups in total. The Kier molecular flexibility index (Phi) is 6.87. The van der Waals surface area contributed by atoms with Crippen LogP contribution in [0, 0.1) is 5.41 Å². The number of amidine groups is 2. The zero-order chi connectivity index (χ0) is 32.7. The molecule has 9 rings (SSSR count). The maximum Gasteiger partial charge on any atom is 0.227 e. The summed E-state index contributed by atoms with van der Waals surface area (Å²) in [6.07, 6.45) is 3.53. The Labute approximate surface area is 282 Å². The fourth-order valence-corrected chi connectivity index (χ4v) is 6.77. The average Bonchev–Trinajstić information content (AvgIpc) is 3.55. The molecule has 0 aliphatic rings. The topological polar surface area (TPSA) is 74.6 Å². The lowest BCUT2D eigenvalue weighted by Crippen LogP contribution is -2.04. The molecular formula is C44H28N4O. The molecule has 0 saturated carbocycles. The monoisotopic (exact) mass is 628 g/mol. The summed E-state index contributed by atoms with van der Waals surface area (Å²) in [5.74, 6) is 0.595. The van der Waals surface area contributed by atoms with Crippen LogP contribution in [0.3, 0.4) is 0 Å². The molecule has 5 heteroatoms. The second-order valence-electron chi connectivity index (χ2n) is 12.0. The highest BCUT2D eigenvalue weighted by Gasteiger charge is 2.16. The first-order chi connectivity index (χ1) is 24.2. The fourth-order valence-electron chi connectivity index (χ4n) is 6.77. The van der Waals surface area contributed by atoms with Gasteiger partial charge in [0.15, 0.2) is 11.7 Å². The zero-order valence-corrected chi connectivity index (χ0v) is 26.3. The Balaban J connectivity index is 1.16. The van der Waals surface area contributed by atoms with Gasteiger partial charge in [0.2, 0.25) is 5.71 Å². The molecule has 0 atom stereocenters. The summed E-state index contributed by atoms with van der Waals surface area (Å²) in [6.45, 7) is 0. The minimum atomic E-state index is 0.146. The Hall–Kier alpha value is -6.72. The number of furan rings is 1. The standard InChI is InChI=1S/C44H28N4O/c45-42(29-12-3-1-4-13-29)48-43(30-14-5-2-6-15-30)47-27-33-23-24-46-44-41(33)37-22-21-31(26-39(37)49-44)38-25-32-20-19-28-11-7-8-16-34(28)40(32)36-18-10-9-17-35(36)38/h1-27,45H/b45-42?,47-27+,48-43-. The van der Waals surface area contributed by atoms with E-state index in [0.717, 1.165) is 44.2 Å². The Morgan fingerprint density at radius 1 is 0.592 bits per heavy atom. The van der Waals surface area contributed by atoms with E-state index >= 15 is 0 Å². The molecule has 0 aliphatic carbocycles. The first kappa shape index (κ1) is 28.5. The summed E-state index contributed by atoms with van der Waals surface area (Å²) in [5, 5.41) is 17.9. The van der Waals surface area contributed by atoms with Crippen LogP contribution in [0.4, 0.5) is 0 Å². The lowest BCUT2D eigenvalue weighted by molar-refractivity contribution is 0.654. The van der Waals surface area contributed by atoms with E-state index in [9.17, 15) is 0 Å². The van der Waals surface area contributed by atoms with Crippen molar-refractivity contribution in [2.24, 2.45) is 9.98 Å². The number of rotatable bonds is 4. The van der Waals surface area contributed by atoms with E-state index in [1.54, 1.807) is 12.4 Å². The van der Waals surface area contributed by atoms with Gasteiger partial charge in [-0.1, -0.05) is 127 Å². The average molecular weight is 629 g/mol. The number of hydrogen-bond donors (Lipinski definition) is 1. The van der Waals surface area contributed by atoms with Crippen molar-refractivity contribution in [2.75, 3.05) is 0 Å². The number of aliphatic imine (C=N–C) groups is 2. The van der Waals surface area contributed by atoms with Crippen LogP contribution in [0.2, 0.25) is 0 Å². The summed E-state index contributed by atoms with van der Waals surface area (Å²) in [4.78, 5) is 14.0. The number of fused-ring (bicyclic) bond motifs is 8. The molecule has 9 aromatic rings. The number of hydrogen-bond acceptors (Lipinski definition) is 3. The Bertz CT molecular complexity index is 2780. The summed E-state index contributed by atoms with van der Waals surface area (Å²) < 4.78 is 6.39. The third-order valence-corrected chi connectivity index (χ3v) is 9.09. The van der Waals surface area contributed by atoms with Crippen molar-refractivity contribution in [3.8, 4) is 11.1 Å². The van der Waals surface area contributed by atoms with Crippen molar-refractivity contribution >= 4 is 72.3 Å². The highest BCUT2D eigenvalue weighted by Crippen LogP contribution is 2.40. The summed E-state index contributed by atoms with van der Waals surface area (Å²) in [6, 6.07) is 51.5. The molecule has 0 radical (unpaired) electrons. The van der Waals surface area contributed by atoms with Crippen molar-refractivity contribution in [1.29, 1.82) is 5.41 Å². The van der Waals surface area contributed by atoms with Gasteiger partial charge in [-0.2, -0.15) is 0 Å². The molecule has 0 amide bonds. The number of benzene rings is 7. The van der Waals surface area contributed by atoms with Gasteiger partial charge in [0.25, 0.3) is 0 Å². The van der Waals surface area contributed by atoms with Crippen molar-refractivity contribution < 1.29 is 4.42 Å². The van der Waals surface area contributed by atoms with E-state index in [-0.39, 0.29) is 5.84 Å².